The number of hydrogen-bond acceptors (Lipinski definition) is 4. The molecule has 8 heteroatoms. The van der Waals surface area contributed by atoms with Crippen molar-refractivity contribution in [1.29, 1.82) is 0 Å². The molecule has 3 rings (SSSR count). The molecule has 1 amide bonds. The highest BCUT2D eigenvalue weighted by atomic mass is 35.5. The van der Waals surface area contributed by atoms with Gasteiger partial charge in [-0.3, -0.25) is 9.69 Å². The first-order valence-corrected chi connectivity index (χ1v) is 10.5. The number of halogens is 3. The van der Waals surface area contributed by atoms with Gasteiger partial charge in [0.2, 0.25) is 0 Å². The monoisotopic (exact) mass is 453 g/mol. The molecule has 0 unspecified atom stereocenters. The first-order valence-electron chi connectivity index (χ1n) is 9.71. The fourth-order valence-electron chi connectivity index (χ4n) is 3.38. The lowest BCUT2D eigenvalue weighted by molar-refractivity contribution is 0.0975. The molecule has 0 aliphatic heterocycles. The maximum atomic E-state index is 14.3. The number of carbonyl (C=O) groups is 1. The van der Waals surface area contributed by atoms with Crippen LogP contribution in [-0.2, 0) is 0 Å². The number of aryl methyl sites for hydroxylation is 2. The maximum absolute atomic E-state index is 14.3. The fraction of sp³-hybridized carbons (Fsp3) is 0.364. The van der Waals surface area contributed by atoms with Crippen molar-refractivity contribution in [2.45, 2.75) is 27.7 Å². The zero-order valence-electron chi connectivity index (χ0n) is 17.5. The molecule has 0 atom stereocenters. The zero-order chi connectivity index (χ0) is 21.1. The Kier molecular flexibility index (Phi) is 8.29. The van der Waals surface area contributed by atoms with E-state index in [1.807, 2.05) is 33.8 Å². The maximum Gasteiger partial charge on any atom is 0.266 e. The SMILES string of the molecule is CCN(CC)CCN(C(=O)c1c(F)cccc1F)c1nc2cc(C)cc(C)c2s1.Cl. The summed E-state index contributed by atoms with van der Waals surface area (Å²) in [6.07, 6.45) is 0. The Hall–Kier alpha value is -2.09. The van der Waals surface area contributed by atoms with E-state index in [1.54, 1.807) is 0 Å². The van der Waals surface area contributed by atoms with Crippen LogP contribution in [-0.4, -0.2) is 42.0 Å². The Morgan fingerprint density at radius 1 is 1.07 bits per heavy atom. The lowest BCUT2D eigenvalue weighted by Crippen LogP contribution is -2.39. The van der Waals surface area contributed by atoms with E-state index < -0.39 is 23.1 Å². The Bertz CT molecular complexity index is 1020. The van der Waals surface area contributed by atoms with Gasteiger partial charge in [0.05, 0.1) is 10.2 Å². The number of amides is 1. The molecule has 4 nitrogen and oxygen atoms in total. The van der Waals surface area contributed by atoms with E-state index in [0.717, 1.165) is 46.6 Å². The van der Waals surface area contributed by atoms with Crippen molar-refractivity contribution >= 4 is 45.0 Å². The van der Waals surface area contributed by atoms with Gasteiger partial charge in [-0.2, -0.15) is 0 Å². The third-order valence-electron chi connectivity index (χ3n) is 5.00. The molecule has 3 aromatic rings. The summed E-state index contributed by atoms with van der Waals surface area (Å²) < 4.78 is 29.6. The molecule has 0 spiro atoms. The number of benzene rings is 2. The second-order valence-corrected chi connectivity index (χ2v) is 7.98. The first-order chi connectivity index (χ1) is 13.8. The van der Waals surface area contributed by atoms with E-state index in [0.29, 0.717) is 18.2 Å². The largest absolute Gasteiger partial charge is 0.302 e. The highest BCUT2D eigenvalue weighted by molar-refractivity contribution is 7.22. The minimum Gasteiger partial charge on any atom is -0.302 e. The number of thiazole rings is 1. The number of hydrogen-bond donors (Lipinski definition) is 0. The second-order valence-electron chi connectivity index (χ2n) is 7.01. The van der Waals surface area contributed by atoms with E-state index in [4.69, 9.17) is 0 Å². The minimum absolute atomic E-state index is 0. The van der Waals surface area contributed by atoms with Crippen molar-refractivity contribution in [3.63, 3.8) is 0 Å². The van der Waals surface area contributed by atoms with Crippen molar-refractivity contribution in [1.82, 2.24) is 9.88 Å². The zero-order valence-corrected chi connectivity index (χ0v) is 19.2. The predicted octanol–water partition coefficient (Wildman–Crippen LogP) is 5.60. The summed E-state index contributed by atoms with van der Waals surface area (Å²) in [6, 6.07) is 7.48. The number of aromatic nitrogens is 1. The van der Waals surface area contributed by atoms with Crippen LogP contribution >= 0.6 is 23.7 Å². The average molecular weight is 454 g/mol. The molecule has 162 valence electrons. The topological polar surface area (TPSA) is 36.4 Å². The second kappa shape index (κ2) is 10.3. The van der Waals surface area contributed by atoms with Crippen molar-refractivity contribution in [2.75, 3.05) is 31.1 Å². The van der Waals surface area contributed by atoms with E-state index in [-0.39, 0.29) is 12.4 Å². The van der Waals surface area contributed by atoms with Crippen LogP contribution in [0.15, 0.2) is 30.3 Å². The molecule has 0 aliphatic rings. The van der Waals surface area contributed by atoms with E-state index in [2.05, 4.69) is 16.0 Å². The molecule has 0 N–H and O–H groups in total. The average Bonchev–Trinajstić information content (AvgIpc) is 3.09. The Labute approximate surface area is 185 Å². The van der Waals surface area contributed by atoms with Crippen LogP contribution in [0.2, 0.25) is 0 Å². The molecule has 1 heterocycles. The summed E-state index contributed by atoms with van der Waals surface area (Å²) >= 11 is 1.37. The van der Waals surface area contributed by atoms with E-state index in [1.165, 1.54) is 22.3 Å². The number of rotatable bonds is 7. The van der Waals surface area contributed by atoms with Crippen molar-refractivity contribution in [3.8, 4) is 0 Å². The van der Waals surface area contributed by atoms with Gasteiger partial charge in [-0.05, 0) is 56.3 Å². The number of carbonyl (C=O) groups excluding carboxylic acids is 1. The quantitative estimate of drug-likeness (QED) is 0.467. The number of likely N-dealkylation sites (N-methyl/N-ethyl adjacent to an activating group) is 1. The van der Waals surface area contributed by atoms with Gasteiger partial charge in [0, 0.05) is 13.1 Å². The minimum atomic E-state index is -0.865. The van der Waals surface area contributed by atoms with Crippen LogP contribution < -0.4 is 4.90 Å². The Balaban J connectivity index is 0.00000320. The molecule has 30 heavy (non-hydrogen) atoms. The summed E-state index contributed by atoms with van der Waals surface area (Å²) in [5.41, 5.74) is 2.39. The van der Waals surface area contributed by atoms with Gasteiger partial charge in [0.1, 0.15) is 17.2 Å². The number of fused-ring (bicyclic) bond motifs is 1. The highest BCUT2D eigenvalue weighted by Crippen LogP contribution is 2.33. The van der Waals surface area contributed by atoms with Crippen LogP contribution in [0.5, 0.6) is 0 Å². The highest BCUT2D eigenvalue weighted by Gasteiger charge is 2.27. The fourth-order valence-corrected chi connectivity index (χ4v) is 4.42. The summed E-state index contributed by atoms with van der Waals surface area (Å²) in [4.78, 5) is 21.4. The van der Waals surface area contributed by atoms with Crippen LogP contribution in [0, 0.1) is 25.5 Å². The van der Waals surface area contributed by atoms with Gasteiger partial charge in [0.25, 0.3) is 5.91 Å². The normalized spacial score (nSPS) is 11.0. The third-order valence-corrected chi connectivity index (χ3v) is 6.23. The van der Waals surface area contributed by atoms with Gasteiger partial charge in [-0.15, -0.1) is 12.4 Å². The van der Waals surface area contributed by atoms with Crippen molar-refractivity contribution in [3.05, 3.63) is 58.7 Å². The lowest BCUT2D eigenvalue weighted by Gasteiger charge is -2.25. The summed E-state index contributed by atoms with van der Waals surface area (Å²) in [5.74, 6) is -2.44. The molecular formula is C22H26ClF2N3OS. The van der Waals surface area contributed by atoms with Gasteiger partial charge in [-0.1, -0.05) is 37.3 Å². The van der Waals surface area contributed by atoms with E-state index in [9.17, 15) is 13.6 Å². The summed E-state index contributed by atoms with van der Waals surface area (Å²) in [7, 11) is 0. The van der Waals surface area contributed by atoms with Crippen LogP contribution in [0.25, 0.3) is 10.2 Å². The van der Waals surface area contributed by atoms with Crippen molar-refractivity contribution < 1.29 is 13.6 Å². The molecular weight excluding hydrogens is 428 g/mol. The molecule has 0 saturated carbocycles. The van der Waals surface area contributed by atoms with E-state index >= 15 is 0 Å². The standard InChI is InChI=1S/C22H25F2N3OS.ClH/c1-5-26(6-2)10-11-27(21(28)19-16(23)8-7-9-17(19)24)22-25-18-13-14(3)12-15(4)20(18)29-22;/h7-9,12-13H,5-6,10-11H2,1-4H3;1H. The van der Waals surface area contributed by atoms with Gasteiger partial charge < -0.3 is 4.90 Å². The molecule has 2 aromatic carbocycles. The smallest absolute Gasteiger partial charge is 0.266 e. The predicted molar refractivity (Wildman–Crippen MR) is 122 cm³/mol. The van der Waals surface area contributed by atoms with Gasteiger partial charge in [0.15, 0.2) is 5.13 Å². The number of anilines is 1. The van der Waals surface area contributed by atoms with Crippen molar-refractivity contribution in [2.24, 2.45) is 0 Å². The van der Waals surface area contributed by atoms with Crippen LogP contribution in [0.4, 0.5) is 13.9 Å². The van der Waals surface area contributed by atoms with Gasteiger partial charge in [-0.25, -0.2) is 13.8 Å². The third kappa shape index (κ3) is 4.96. The molecule has 0 fully saturated rings. The summed E-state index contributed by atoms with van der Waals surface area (Å²) in [5, 5.41) is 0.452. The molecule has 0 bridgehead atoms. The van der Waals surface area contributed by atoms with Crippen LogP contribution in [0.3, 0.4) is 0 Å². The molecule has 0 saturated heterocycles. The Morgan fingerprint density at radius 2 is 1.70 bits per heavy atom. The summed E-state index contributed by atoms with van der Waals surface area (Å²) in [6.45, 7) is 10.6. The van der Waals surface area contributed by atoms with Crippen LogP contribution in [0.1, 0.15) is 35.3 Å². The molecule has 0 aliphatic carbocycles. The first kappa shape index (κ1) is 24.2. The molecule has 1 aromatic heterocycles. The number of nitrogens with zero attached hydrogens (tertiary/aromatic N) is 3. The van der Waals surface area contributed by atoms with Gasteiger partial charge >= 0.3 is 0 Å². The Morgan fingerprint density at radius 3 is 2.30 bits per heavy atom. The lowest BCUT2D eigenvalue weighted by atomic mass is 10.1. The molecule has 0 radical (unpaired) electrons.